The Morgan fingerprint density at radius 2 is 2.25 bits per heavy atom. The Hall–Kier alpha value is -1.51. The number of carboxylic acid groups (broad SMARTS) is 1. The van der Waals surface area contributed by atoms with Crippen LogP contribution in [0.15, 0.2) is 24.3 Å². The molecule has 0 aliphatic carbocycles. The van der Waals surface area contributed by atoms with Gasteiger partial charge in [-0.2, -0.15) is 0 Å². The summed E-state index contributed by atoms with van der Waals surface area (Å²) in [6.45, 7) is 4.17. The summed E-state index contributed by atoms with van der Waals surface area (Å²) in [4.78, 5) is 13.3. The van der Waals surface area contributed by atoms with Crippen molar-refractivity contribution in [3.63, 3.8) is 0 Å². The zero-order valence-corrected chi connectivity index (χ0v) is 9.68. The van der Waals surface area contributed by atoms with Crippen LogP contribution in [0.3, 0.4) is 0 Å². The van der Waals surface area contributed by atoms with Gasteiger partial charge in [0.25, 0.3) is 0 Å². The molecule has 0 amide bonds. The van der Waals surface area contributed by atoms with E-state index >= 15 is 0 Å². The second-order valence-corrected chi connectivity index (χ2v) is 4.35. The summed E-state index contributed by atoms with van der Waals surface area (Å²) in [6.07, 6.45) is 1.58. The molecule has 1 N–H and O–H groups in total. The van der Waals surface area contributed by atoms with E-state index in [2.05, 4.69) is 13.8 Å². The fourth-order valence-corrected chi connectivity index (χ4v) is 2.36. The van der Waals surface area contributed by atoms with Gasteiger partial charge in [0, 0.05) is 18.2 Å². The van der Waals surface area contributed by atoms with Crippen LogP contribution in [0.5, 0.6) is 0 Å². The molecule has 0 aromatic heterocycles. The summed E-state index contributed by atoms with van der Waals surface area (Å²) in [5.41, 5.74) is 2.24. The first-order valence-electron chi connectivity index (χ1n) is 5.74. The molecule has 3 nitrogen and oxygen atoms in total. The average molecular weight is 219 g/mol. The lowest BCUT2D eigenvalue weighted by atomic mass is 10.1. The van der Waals surface area contributed by atoms with Gasteiger partial charge in [-0.25, -0.2) is 4.79 Å². The van der Waals surface area contributed by atoms with Gasteiger partial charge in [0.05, 0.1) is 0 Å². The molecule has 2 unspecified atom stereocenters. The van der Waals surface area contributed by atoms with E-state index in [1.54, 1.807) is 0 Å². The normalized spacial score (nSPS) is 20.6. The lowest BCUT2D eigenvalue weighted by molar-refractivity contribution is -0.138. The largest absolute Gasteiger partial charge is 0.480 e. The average Bonchev–Trinajstić information content (AvgIpc) is 2.67. The standard InChI is InChI=1S/C13H17NO2/c1-3-9(2)14-11-7-5-4-6-10(11)8-12(14)13(15)16/h4-7,9,12H,3,8H2,1-2H3,(H,15,16). The van der Waals surface area contributed by atoms with E-state index in [4.69, 9.17) is 0 Å². The van der Waals surface area contributed by atoms with Crippen molar-refractivity contribution < 1.29 is 9.90 Å². The first kappa shape index (κ1) is 11.0. The molecule has 2 rings (SSSR count). The number of fused-ring (bicyclic) bond motifs is 1. The van der Waals surface area contributed by atoms with Crippen molar-refractivity contribution in [3.05, 3.63) is 29.8 Å². The summed E-state index contributed by atoms with van der Waals surface area (Å²) in [6, 6.07) is 7.85. The second kappa shape index (κ2) is 4.16. The topological polar surface area (TPSA) is 40.5 Å². The lowest BCUT2D eigenvalue weighted by Crippen LogP contribution is -2.43. The van der Waals surface area contributed by atoms with E-state index in [0.29, 0.717) is 6.42 Å². The monoisotopic (exact) mass is 219 g/mol. The maximum absolute atomic E-state index is 11.3. The minimum absolute atomic E-state index is 0.268. The molecule has 1 aliphatic heterocycles. The molecule has 16 heavy (non-hydrogen) atoms. The summed E-state index contributed by atoms with van der Waals surface area (Å²) < 4.78 is 0. The summed E-state index contributed by atoms with van der Waals surface area (Å²) in [5, 5.41) is 9.26. The fraction of sp³-hybridized carbons (Fsp3) is 0.462. The number of aliphatic carboxylic acids is 1. The highest BCUT2D eigenvalue weighted by molar-refractivity contribution is 5.82. The van der Waals surface area contributed by atoms with Crippen molar-refractivity contribution in [2.75, 3.05) is 4.90 Å². The highest BCUT2D eigenvalue weighted by atomic mass is 16.4. The molecule has 0 saturated carbocycles. The molecule has 1 aromatic carbocycles. The first-order valence-corrected chi connectivity index (χ1v) is 5.74. The van der Waals surface area contributed by atoms with E-state index in [9.17, 15) is 9.90 Å². The van der Waals surface area contributed by atoms with Crippen LogP contribution < -0.4 is 4.90 Å². The Labute approximate surface area is 95.7 Å². The van der Waals surface area contributed by atoms with Crippen LogP contribution in [0, 0.1) is 0 Å². The van der Waals surface area contributed by atoms with Crippen LogP contribution in [-0.4, -0.2) is 23.2 Å². The molecule has 0 radical (unpaired) electrons. The maximum atomic E-state index is 11.3. The minimum atomic E-state index is -0.725. The van der Waals surface area contributed by atoms with E-state index < -0.39 is 12.0 Å². The van der Waals surface area contributed by atoms with Gasteiger partial charge in [-0.1, -0.05) is 25.1 Å². The SMILES string of the molecule is CCC(C)N1c2ccccc2CC1C(=O)O. The van der Waals surface area contributed by atoms with Gasteiger partial charge in [0.1, 0.15) is 6.04 Å². The van der Waals surface area contributed by atoms with Crippen molar-refractivity contribution >= 4 is 11.7 Å². The highest BCUT2D eigenvalue weighted by Crippen LogP contribution is 2.34. The minimum Gasteiger partial charge on any atom is -0.480 e. The molecule has 1 heterocycles. The summed E-state index contributed by atoms with van der Waals surface area (Å²) in [5.74, 6) is -0.725. The van der Waals surface area contributed by atoms with Gasteiger partial charge in [-0.15, -0.1) is 0 Å². The number of para-hydroxylation sites is 1. The predicted molar refractivity (Wildman–Crippen MR) is 63.8 cm³/mol. The number of anilines is 1. The van der Waals surface area contributed by atoms with Gasteiger partial charge in [-0.05, 0) is 25.0 Å². The van der Waals surface area contributed by atoms with Gasteiger partial charge in [-0.3, -0.25) is 0 Å². The van der Waals surface area contributed by atoms with Gasteiger partial charge in [0.2, 0.25) is 0 Å². The van der Waals surface area contributed by atoms with Gasteiger partial charge < -0.3 is 10.0 Å². The Kier molecular flexibility index (Phi) is 2.86. The Morgan fingerprint density at radius 3 is 2.88 bits per heavy atom. The third kappa shape index (κ3) is 1.66. The molecule has 0 fully saturated rings. The lowest BCUT2D eigenvalue weighted by Gasteiger charge is -2.30. The summed E-state index contributed by atoms with van der Waals surface area (Å²) >= 11 is 0. The zero-order chi connectivity index (χ0) is 11.7. The van der Waals surface area contributed by atoms with Crippen LogP contribution in [0.4, 0.5) is 5.69 Å². The number of nitrogens with zero attached hydrogens (tertiary/aromatic N) is 1. The van der Waals surface area contributed by atoms with Crippen molar-refractivity contribution in [1.29, 1.82) is 0 Å². The van der Waals surface area contributed by atoms with E-state index in [0.717, 1.165) is 17.7 Å². The third-order valence-corrected chi connectivity index (χ3v) is 3.37. The van der Waals surface area contributed by atoms with Crippen LogP contribution in [0.1, 0.15) is 25.8 Å². The molecule has 0 saturated heterocycles. The number of hydrogen-bond donors (Lipinski definition) is 1. The Morgan fingerprint density at radius 1 is 1.56 bits per heavy atom. The van der Waals surface area contributed by atoms with E-state index in [1.807, 2.05) is 29.2 Å². The Bertz CT molecular complexity index is 403. The van der Waals surface area contributed by atoms with Crippen molar-refractivity contribution in [2.24, 2.45) is 0 Å². The number of carboxylic acids is 1. The van der Waals surface area contributed by atoms with E-state index in [1.165, 1.54) is 0 Å². The quantitative estimate of drug-likeness (QED) is 0.848. The number of carbonyl (C=O) groups is 1. The zero-order valence-electron chi connectivity index (χ0n) is 9.68. The molecule has 2 atom stereocenters. The van der Waals surface area contributed by atoms with Crippen LogP contribution in [-0.2, 0) is 11.2 Å². The molecule has 0 spiro atoms. The van der Waals surface area contributed by atoms with Crippen LogP contribution in [0.2, 0.25) is 0 Å². The van der Waals surface area contributed by atoms with Crippen molar-refractivity contribution in [3.8, 4) is 0 Å². The maximum Gasteiger partial charge on any atom is 0.326 e. The first-order chi connectivity index (χ1) is 7.65. The molecule has 1 aromatic rings. The van der Waals surface area contributed by atoms with Crippen LogP contribution >= 0.6 is 0 Å². The molecule has 86 valence electrons. The molecule has 3 heteroatoms. The second-order valence-electron chi connectivity index (χ2n) is 4.35. The third-order valence-electron chi connectivity index (χ3n) is 3.37. The number of benzene rings is 1. The summed E-state index contributed by atoms with van der Waals surface area (Å²) in [7, 11) is 0. The predicted octanol–water partition coefficient (Wildman–Crippen LogP) is 2.30. The highest BCUT2D eigenvalue weighted by Gasteiger charge is 2.36. The van der Waals surface area contributed by atoms with Gasteiger partial charge >= 0.3 is 5.97 Å². The molecule has 0 bridgehead atoms. The van der Waals surface area contributed by atoms with Gasteiger partial charge in [0.15, 0.2) is 0 Å². The number of hydrogen-bond acceptors (Lipinski definition) is 2. The molecular weight excluding hydrogens is 202 g/mol. The smallest absolute Gasteiger partial charge is 0.326 e. The fourth-order valence-electron chi connectivity index (χ4n) is 2.36. The van der Waals surface area contributed by atoms with E-state index in [-0.39, 0.29) is 6.04 Å². The van der Waals surface area contributed by atoms with Crippen molar-refractivity contribution in [2.45, 2.75) is 38.8 Å². The molecular formula is C13H17NO2. The molecule has 1 aliphatic rings. The van der Waals surface area contributed by atoms with Crippen LogP contribution in [0.25, 0.3) is 0 Å². The van der Waals surface area contributed by atoms with Crippen molar-refractivity contribution in [1.82, 2.24) is 0 Å². The number of rotatable bonds is 3. The Balaban J connectivity index is 2.39.